The molecule has 0 aromatic carbocycles. The summed E-state index contributed by atoms with van der Waals surface area (Å²) in [6.07, 6.45) is 3.23. The molecule has 6 heteroatoms. The number of carboxylic acids is 1. The van der Waals surface area contributed by atoms with Crippen molar-refractivity contribution >= 4 is 12.0 Å². The Kier molecular flexibility index (Phi) is 4.41. The highest BCUT2D eigenvalue weighted by Crippen LogP contribution is 2.25. The van der Waals surface area contributed by atoms with Crippen LogP contribution in [0.25, 0.3) is 0 Å². The van der Waals surface area contributed by atoms with Crippen molar-refractivity contribution in [1.29, 1.82) is 0 Å². The number of carbonyl (C=O) groups excluding carboxylic acids is 1. The van der Waals surface area contributed by atoms with Crippen LogP contribution in [-0.4, -0.2) is 54.4 Å². The normalized spacial score (nSPS) is 24.4. The van der Waals surface area contributed by atoms with Crippen LogP contribution < -0.4 is 5.32 Å². The molecule has 102 valence electrons. The maximum atomic E-state index is 11.9. The molecule has 1 heterocycles. The summed E-state index contributed by atoms with van der Waals surface area (Å²) in [4.78, 5) is 24.1. The average Bonchev–Trinajstić information content (AvgIpc) is 2.26. The van der Waals surface area contributed by atoms with Crippen LogP contribution in [0.2, 0.25) is 0 Å². The summed E-state index contributed by atoms with van der Waals surface area (Å²) in [5.74, 6) is -0.262. The van der Waals surface area contributed by atoms with Crippen LogP contribution in [0, 0.1) is 5.92 Å². The molecule has 1 atom stereocenters. The van der Waals surface area contributed by atoms with Crippen LogP contribution in [0.5, 0.6) is 0 Å². The van der Waals surface area contributed by atoms with Crippen LogP contribution in [0.3, 0.4) is 0 Å². The molecular weight excluding hydrogens is 236 g/mol. The van der Waals surface area contributed by atoms with E-state index in [9.17, 15) is 9.59 Å². The maximum absolute atomic E-state index is 11.9. The molecule has 1 saturated heterocycles. The lowest BCUT2D eigenvalue weighted by Crippen LogP contribution is -2.51. The molecule has 0 aromatic rings. The number of rotatable bonds is 4. The van der Waals surface area contributed by atoms with Gasteiger partial charge >= 0.3 is 12.0 Å². The van der Waals surface area contributed by atoms with Gasteiger partial charge in [0.05, 0.1) is 19.1 Å². The molecule has 1 aliphatic heterocycles. The average molecular weight is 256 g/mol. The Bertz CT molecular complexity index is 317. The zero-order chi connectivity index (χ0) is 13.0. The van der Waals surface area contributed by atoms with Gasteiger partial charge in [0, 0.05) is 19.6 Å². The fourth-order valence-corrected chi connectivity index (χ4v) is 2.26. The molecule has 2 fully saturated rings. The standard InChI is InChI=1S/C12H20N2O4/c15-11(16)6-10-8-14(4-5-18-10)12(17)13-7-9-2-1-3-9/h9-10H,1-8H2,(H,13,17)(H,15,16). The van der Waals surface area contributed by atoms with E-state index in [0.29, 0.717) is 25.6 Å². The molecule has 1 aliphatic carbocycles. The highest BCUT2D eigenvalue weighted by atomic mass is 16.5. The number of carbonyl (C=O) groups is 2. The smallest absolute Gasteiger partial charge is 0.317 e. The number of hydrogen-bond acceptors (Lipinski definition) is 3. The minimum absolute atomic E-state index is 0.0492. The number of carboxylic acid groups (broad SMARTS) is 1. The van der Waals surface area contributed by atoms with E-state index < -0.39 is 5.97 Å². The first kappa shape index (κ1) is 13.1. The van der Waals surface area contributed by atoms with Crippen LogP contribution in [0.15, 0.2) is 0 Å². The first-order valence-corrected chi connectivity index (χ1v) is 6.51. The zero-order valence-electron chi connectivity index (χ0n) is 10.4. The molecule has 0 bridgehead atoms. The molecular formula is C12H20N2O4. The van der Waals surface area contributed by atoms with E-state index in [1.54, 1.807) is 4.90 Å². The summed E-state index contributed by atoms with van der Waals surface area (Å²) in [5.41, 5.74) is 0. The van der Waals surface area contributed by atoms with Crippen molar-refractivity contribution in [3.05, 3.63) is 0 Å². The number of nitrogens with zero attached hydrogens (tertiary/aromatic N) is 1. The van der Waals surface area contributed by atoms with E-state index in [2.05, 4.69) is 5.32 Å². The minimum atomic E-state index is -0.892. The Hall–Kier alpha value is -1.30. The number of aliphatic carboxylic acids is 1. The van der Waals surface area contributed by atoms with Gasteiger partial charge in [0.1, 0.15) is 0 Å². The number of hydrogen-bond donors (Lipinski definition) is 2. The van der Waals surface area contributed by atoms with Gasteiger partial charge in [-0.3, -0.25) is 4.79 Å². The second kappa shape index (κ2) is 6.04. The van der Waals surface area contributed by atoms with Crippen LogP contribution in [-0.2, 0) is 9.53 Å². The Balaban J connectivity index is 1.72. The highest BCUT2D eigenvalue weighted by Gasteiger charge is 2.26. The Morgan fingerprint density at radius 2 is 2.17 bits per heavy atom. The van der Waals surface area contributed by atoms with Crippen molar-refractivity contribution in [3.63, 3.8) is 0 Å². The summed E-state index contributed by atoms with van der Waals surface area (Å²) in [6.45, 7) is 2.05. The summed E-state index contributed by atoms with van der Waals surface area (Å²) < 4.78 is 5.32. The topological polar surface area (TPSA) is 78.9 Å². The third-order valence-electron chi connectivity index (χ3n) is 3.59. The number of morpholine rings is 1. The van der Waals surface area contributed by atoms with Gasteiger partial charge in [0.15, 0.2) is 0 Å². The van der Waals surface area contributed by atoms with Gasteiger partial charge in [-0.15, -0.1) is 0 Å². The van der Waals surface area contributed by atoms with Crippen molar-refractivity contribution in [2.45, 2.75) is 31.8 Å². The van der Waals surface area contributed by atoms with E-state index in [-0.39, 0.29) is 18.6 Å². The first-order valence-electron chi connectivity index (χ1n) is 6.51. The second-order valence-corrected chi connectivity index (χ2v) is 5.02. The molecule has 2 N–H and O–H groups in total. The van der Waals surface area contributed by atoms with Gasteiger partial charge in [0.25, 0.3) is 0 Å². The van der Waals surface area contributed by atoms with Crippen molar-refractivity contribution in [2.24, 2.45) is 5.92 Å². The van der Waals surface area contributed by atoms with Gasteiger partial charge in [-0.25, -0.2) is 4.79 Å². The van der Waals surface area contributed by atoms with Crippen molar-refractivity contribution < 1.29 is 19.4 Å². The molecule has 2 aliphatic rings. The van der Waals surface area contributed by atoms with Gasteiger partial charge in [-0.2, -0.15) is 0 Å². The Morgan fingerprint density at radius 3 is 2.78 bits per heavy atom. The van der Waals surface area contributed by atoms with Gasteiger partial charge in [0.2, 0.25) is 0 Å². The van der Waals surface area contributed by atoms with Crippen molar-refractivity contribution in [2.75, 3.05) is 26.2 Å². The van der Waals surface area contributed by atoms with Crippen LogP contribution >= 0.6 is 0 Å². The lowest BCUT2D eigenvalue weighted by atomic mass is 9.85. The zero-order valence-corrected chi connectivity index (χ0v) is 10.4. The summed E-state index contributed by atoms with van der Waals surface area (Å²) in [6, 6.07) is -0.0967. The lowest BCUT2D eigenvalue weighted by molar-refractivity contribution is -0.141. The molecule has 18 heavy (non-hydrogen) atoms. The largest absolute Gasteiger partial charge is 0.481 e. The van der Waals surface area contributed by atoms with Crippen LogP contribution in [0.4, 0.5) is 4.79 Å². The minimum Gasteiger partial charge on any atom is -0.481 e. The third-order valence-corrected chi connectivity index (χ3v) is 3.59. The summed E-state index contributed by atoms with van der Waals surface area (Å²) >= 11 is 0. The van der Waals surface area contributed by atoms with Gasteiger partial charge in [-0.05, 0) is 18.8 Å². The summed E-state index contributed by atoms with van der Waals surface area (Å²) in [7, 11) is 0. The first-order chi connectivity index (χ1) is 8.65. The van der Waals surface area contributed by atoms with E-state index in [1.165, 1.54) is 19.3 Å². The third kappa shape index (κ3) is 3.60. The lowest BCUT2D eigenvalue weighted by Gasteiger charge is -2.33. The van der Waals surface area contributed by atoms with Crippen LogP contribution in [0.1, 0.15) is 25.7 Å². The fourth-order valence-electron chi connectivity index (χ4n) is 2.26. The molecule has 6 nitrogen and oxygen atoms in total. The molecule has 2 amide bonds. The molecule has 0 radical (unpaired) electrons. The number of ether oxygens (including phenoxy) is 1. The monoisotopic (exact) mass is 256 g/mol. The number of nitrogens with one attached hydrogen (secondary N) is 1. The van der Waals surface area contributed by atoms with E-state index in [0.717, 1.165) is 6.54 Å². The van der Waals surface area contributed by atoms with Crippen molar-refractivity contribution in [3.8, 4) is 0 Å². The number of urea groups is 1. The predicted octanol–water partition coefficient (Wildman–Crippen LogP) is 0.672. The Morgan fingerprint density at radius 1 is 1.39 bits per heavy atom. The molecule has 1 saturated carbocycles. The fraction of sp³-hybridized carbons (Fsp3) is 0.833. The maximum Gasteiger partial charge on any atom is 0.317 e. The predicted molar refractivity (Wildman–Crippen MR) is 64.3 cm³/mol. The molecule has 0 aromatic heterocycles. The number of amides is 2. The SMILES string of the molecule is O=C(O)CC1CN(C(=O)NCC2CCC2)CCO1. The quantitative estimate of drug-likeness (QED) is 0.775. The van der Waals surface area contributed by atoms with E-state index >= 15 is 0 Å². The molecule has 2 rings (SSSR count). The van der Waals surface area contributed by atoms with Gasteiger partial charge < -0.3 is 20.1 Å². The van der Waals surface area contributed by atoms with Crippen molar-refractivity contribution in [1.82, 2.24) is 10.2 Å². The highest BCUT2D eigenvalue weighted by molar-refractivity contribution is 5.74. The Labute approximate surface area is 106 Å². The summed E-state index contributed by atoms with van der Waals surface area (Å²) in [5, 5.41) is 11.6. The van der Waals surface area contributed by atoms with E-state index in [1.807, 2.05) is 0 Å². The molecule has 1 unspecified atom stereocenters. The van der Waals surface area contributed by atoms with E-state index in [4.69, 9.17) is 9.84 Å². The molecule has 0 spiro atoms. The second-order valence-electron chi connectivity index (χ2n) is 5.02. The van der Waals surface area contributed by atoms with Gasteiger partial charge in [-0.1, -0.05) is 6.42 Å².